The van der Waals surface area contributed by atoms with Crippen LogP contribution in [0.5, 0.6) is 0 Å². The highest BCUT2D eigenvalue weighted by molar-refractivity contribution is 7.99. The Morgan fingerprint density at radius 2 is 2.39 bits per heavy atom. The minimum absolute atomic E-state index is 0.0289. The SMILES string of the molecule is CC(C)c1cc(=O)n2c(n1)SC[C@@H]2CC(=O)NC[C@@H]1CCCO1. The van der Waals surface area contributed by atoms with Gasteiger partial charge in [0.25, 0.3) is 5.56 Å². The van der Waals surface area contributed by atoms with Crippen LogP contribution in [0, 0.1) is 0 Å². The molecule has 3 heterocycles. The number of carbonyl (C=O) groups excluding carboxylic acids is 1. The second-order valence-corrected chi connectivity index (χ2v) is 7.42. The number of hydrogen-bond acceptors (Lipinski definition) is 5. The van der Waals surface area contributed by atoms with Crippen molar-refractivity contribution in [2.45, 2.75) is 56.3 Å². The fourth-order valence-electron chi connectivity index (χ4n) is 2.94. The maximum Gasteiger partial charge on any atom is 0.254 e. The van der Waals surface area contributed by atoms with Crippen molar-refractivity contribution in [1.82, 2.24) is 14.9 Å². The Hall–Kier alpha value is -1.34. The van der Waals surface area contributed by atoms with Crippen molar-refractivity contribution in [2.24, 2.45) is 0 Å². The van der Waals surface area contributed by atoms with E-state index in [4.69, 9.17) is 4.74 Å². The van der Waals surface area contributed by atoms with Crippen LogP contribution in [0.15, 0.2) is 16.0 Å². The maximum atomic E-state index is 12.4. The summed E-state index contributed by atoms with van der Waals surface area (Å²) in [5.74, 6) is 0.915. The van der Waals surface area contributed by atoms with E-state index in [0.29, 0.717) is 13.0 Å². The molecule has 1 aromatic heterocycles. The third kappa shape index (κ3) is 3.77. The van der Waals surface area contributed by atoms with E-state index < -0.39 is 0 Å². The van der Waals surface area contributed by atoms with E-state index in [1.807, 2.05) is 13.8 Å². The fourth-order valence-corrected chi connectivity index (χ4v) is 4.09. The van der Waals surface area contributed by atoms with Gasteiger partial charge in [0, 0.05) is 31.4 Å². The molecule has 0 bridgehead atoms. The van der Waals surface area contributed by atoms with E-state index in [1.54, 1.807) is 22.4 Å². The van der Waals surface area contributed by atoms with Crippen LogP contribution < -0.4 is 10.9 Å². The number of aromatic nitrogens is 2. The first-order chi connectivity index (χ1) is 11.0. The molecule has 126 valence electrons. The molecule has 6 nitrogen and oxygen atoms in total. The van der Waals surface area contributed by atoms with Gasteiger partial charge in [0.2, 0.25) is 5.91 Å². The smallest absolute Gasteiger partial charge is 0.254 e. The van der Waals surface area contributed by atoms with Crippen LogP contribution in [0.1, 0.15) is 50.8 Å². The molecule has 0 unspecified atom stereocenters. The van der Waals surface area contributed by atoms with E-state index in [1.165, 1.54) is 0 Å². The van der Waals surface area contributed by atoms with Crippen LogP contribution in [0.4, 0.5) is 0 Å². The third-order valence-electron chi connectivity index (χ3n) is 4.27. The van der Waals surface area contributed by atoms with Crippen LogP contribution in [0.25, 0.3) is 0 Å². The average Bonchev–Trinajstić information content (AvgIpc) is 3.15. The zero-order valence-electron chi connectivity index (χ0n) is 13.6. The van der Waals surface area contributed by atoms with Crippen LogP contribution >= 0.6 is 11.8 Å². The Bertz CT molecular complexity index is 638. The standard InChI is InChI=1S/C16H23N3O3S/c1-10(2)13-7-15(21)19-11(9-23-16(19)18-13)6-14(20)17-8-12-4-3-5-22-12/h7,10-12H,3-6,8-9H2,1-2H3,(H,17,20)/t11-,12-/m0/s1. The van der Waals surface area contributed by atoms with Crippen molar-refractivity contribution in [3.8, 4) is 0 Å². The van der Waals surface area contributed by atoms with E-state index >= 15 is 0 Å². The zero-order chi connectivity index (χ0) is 16.4. The number of fused-ring (bicyclic) bond motifs is 1. The lowest BCUT2D eigenvalue weighted by Crippen LogP contribution is -2.34. The van der Waals surface area contributed by atoms with Crippen molar-refractivity contribution in [1.29, 1.82) is 0 Å². The Kier molecular flexibility index (Phi) is 5.06. The van der Waals surface area contributed by atoms with E-state index in [0.717, 1.165) is 36.1 Å². The van der Waals surface area contributed by atoms with Gasteiger partial charge >= 0.3 is 0 Å². The predicted octanol–water partition coefficient (Wildman–Crippen LogP) is 1.70. The summed E-state index contributed by atoms with van der Waals surface area (Å²) in [5, 5.41) is 3.66. The van der Waals surface area contributed by atoms with Gasteiger partial charge in [-0.2, -0.15) is 0 Å². The lowest BCUT2D eigenvalue weighted by molar-refractivity contribution is -0.122. The van der Waals surface area contributed by atoms with E-state index in [2.05, 4.69) is 10.3 Å². The number of thioether (sulfide) groups is 1. The zero-order valence-corrected chi connectivity index (χ0v) is 14.4. The molecule has 7 heteroatoms. The normalized spacial score (nSPS) is 23.3. The van der Waals surface area contributed by atoms with Gasteiger partial charge in [-0.15, -0.1) is 0 Å². The molecule has 1 amide bonds. The molecule has 1 N–H and O–H groups in total. The van der Waals surface area contributed by atoms with Gasteiger partial charge in [0.15, 0.2) is 5.16 Å². The Morgan fingerprint density at radius 3 is 3.09 bits per heavy atom. The highest BCUT2D eigenvalue weighted by atomic mass is 32.2. The Morgan fingerprint density at radius 1 is 1.57 bits per heavy atom. The molecule has 23 heavy (non-hydrogen) atoms. The number of carbonyl (C=O) groups is 1. The van der Waals surface area contributed by atoms with Crippen LogP contribution in [0.3, 0.4) is 0 Å². The topological polar surface area (TPSA) is 73.2 Å². The summed E-state index contributed by atoms with van der Waals surface area (Å²) in [6.45, 7) is 5.39. The number of nitrogens with zero attached hydrogens (tertiary/aromatic N) is 2. The summed E-state index contributed by atoms with van der Waals surface area (Å²) in [4.78, 5) is 29.0. The van der Waals surface area contributed by atoms with E-state index in [9.17, 15) is 9.59 Å². The van der Waals surface area contributed by atoms with Crippen molar-refractivity contribution < 1.29 is 9.53 Å². The van der Waals surface area contributed by atoms with Crippen molar-refractivity contribution in [3.63, 3.8) is 0 Å². The largest absolute Gasteiger partial charge is 0.376 e. The Balaban J connectivity index is 1.63. The number of ether oxygens (including phenoxy) is 1. The quantitative estimate of drug-likeness (QED) is 0.828. The summed E-state index contributed by atoms with van der Waals surface area (Å²) in [5.41, 5.74) is 0.762. The van der Waals surface area contributed by atoms with Crippen molar-refractivity contribution in [2.75, 3.05) is 18.9 Å². The molecule has 1 aromatic rings. The molecule has 0 aliphatic carbocycles. The minimum atomic E-state index is -0.110. The molecule has 2 atom stereocenters. The third-order valence-corrected chi connectivity index (χ3v) is 5.37. The highest BCUT2D eigenvalue weighted by Gasteiger charge is 2.28. The number of rotatable bonds is 5. The van der Waals surface area contributed by atoms with Crippen LogP contribution in [-0.4, -0.2) is 40.5 Å². The molecule has 0 saturated carbocycles. The van der Waals surface area contributed by atoms with Gasteiger partial charge in [-0.05, 0) is 18.8 Å². The summed E-state index contributed by atoms with van der Waals surface area (Å²) < 4.78 is 7.17. The molecule has 1 saturated heterocycles. The second-order valence-electron chi connectivity index (χ2n) is 6.43. The van der Waals surface area contributed by atoms with Crippen LogP contribution in [-0.2, 0) is 9.53 Å². The first-order valence-corrected chi connectivity index (χ1v) is 9.17. The van der Waals surface area contributed by atoms with Gasteiger partial charge < -0.3 is 10.1 Å². The van der Waals surface area contributed by atoms with E-state index in [-0.39, 0.29) is 29.5 Å². The van der Waals surface area contributed by atoms with Crippen LogP contribution in [0.2, 0.25) is 0 Å². The van der Waals surface area contributed by atoms with Gasteiger partial charge in [0.1, 0.15) is 0 Å². The Labute approximate surface area is 140 Å². The molecular weight excluding hydrogens is 314 g/mol. The summed E-state index contributed by atoms with van der Waals surface area (Å²) in [6.07, 6.45) is 2.52. The predicted molar refractivity (Wildman–Crippen MR) is 88.9 cm³/mol. The summed E-state index contributed by atoms with van der Waals surface area (Å²) in [6, 6.07) is 1.48. The molecule has 3 rings (SSSR count). The van der Waals surface area contributed by atoms with Crippen molar-refractivity contribution >= 4 is 17.7 Å². The monoisotopic (exact) mass is 337 g/mol. The number of nitrogens with one attached hydrogen (secondary N) is 1. The highest BCUT2D eigenvalue weighted by Crippen LogP contribution is 2.32. The van der Waals surface area contributed by atoms with Gasteiger partial charge in [-0.1, -0.05) is 25.6 Å². The molecule has 0 aromatic carbocycles. The number of hydrogen-bond donors (Lipinski definition) is 1. The summed E-state index contributed by atoms with van der Waals surface area (Å²) >= 11 is 1.55. The lowest BCUT2D eigenvalue weighted by Gasteiger charge is -2.15. The molecule has 1 fully saturated rings. The molecule has 2 aliphatic heterocycles. The van der Waals surface area contributed by atoms with Gasteiger partial charge in [-0.25, -0.2) is 4.98 Å². The number of amides is 1. The molecule has 0 radical (unpaired) electrons. The van der Waals surface area contributed by atoms with Gasteiger partial charge in [-0.3, -0.25) is 14.2 Å². The molecular formula is C16H23N3O3S. The lowest BCUT2D eigenvalue weighted by atomic mass is 10.1. The molecule has 0 spiro atoms. The maximum absolute atomic E-state index is 12.4. The minimum Gasteiger partial charge on any atom is -0.376 e. The van der Waals surface area contributed by atoms with Gasteiger partial charge in [0.05, 0.1) is 17.8 Å². The molecule has 2 aliphatic rings. The summed E-state index contributed by atoms with van der Waals surface area (Å²) in [7, 11) is 0. The first kappa shape index (κ1) is 16.5. The van der Waals surface area contributed by atoms with Crippen molar-refractivity contribution in [3.05, 3.63) is 22.1 Å². The second kappa shape index (κ2) is 7.05. The fraction of sp³-hybridized carbons (Fsp3) is 0.688. The average molecular weight is 337 g/mol. The first-order valence-electron chi connectivity index (χ1n) is 8.19.